The number of nitrogens with two attached hydrogens (primary N) is 2. The van der Waals surface area contributed by atoms with Gasteiger partial charge in [0, 0.05) is 13.1 Å². The summed E-state index contributed by atoms with van der Waals surface area (Å²) in [4.78, 5) is 0. The zero-order valence-corrected chi connectivity index (χ0v) is 10.7. The van der Waals surface area contributed by atoms with Gasteiger partial charge in [-0.25, -0.2) is 0 Å². The Morgan fingerprint density at radius 3 is 1.14 bits per heavy atom. The van der Waals surface area contributed by atoms with Crippen molar-refractivity contribution in [3.05, 3.63) is 0 Å². The van der Waals surface area contributed by atoms with E-state index in [0.29, 0.717) is 13.1 Å². The predicted molar refractivity (Wildman–Crippen MR) is 28.3 cm³/mol. The average Bonchev–Trinajstić information content (AvgIpc) is 1.37. The zero-order chi connectivity index (χ0) is 3.41. The summed E-state index contributed by atoms with van der Waals surface area (Å²) in [5, 5.41) is 0. The molecule has 0 saturated heterocycles. The van der Waals surface area contributed by atoms with Gasteiger partial charge in [-0.2, -0.15) is 0 Å². The van der Waals surface area contributed by atoms with Gasteiger partial charge in [-0.3, -0.25) is 0 Å². The molecule has 2 nitrogen and oxygen atoms in total. The molecular formula is C2H12MgN2Na2. The van der Waals surface area contributed by atoms with Crippen molar-refractivity contribution in [2.75, 3.05) is 13.1 Å². The summed E-state index contributed by atoms with van der Waals surface area (Å²) in [5.41, 5.74) is 9.81. The second-order valence-electron chi connectivity index (χ2n) is 0.577. The molecule has 0 aromatic carbocycles. The van der Waals surface area contributed by atoms with E-state index < -0.39 is 0 Å². The van der Waals surface area contributed by atoms with Crippen LogP contribution in [0.2, 0.25) is 0 Å². The van der Waals surface area contributed by atoms with Crippen LogP contribution in [-0.2, 0) is 0 Å². The molecule has 0 rings (SSSR count). The van der Waals surface area contributed by atoms with E-state index in [2.05, 4.69) is 0 Å². The molecule has 5 heteroatoms. The van der Waals surface area contributed by atoms with E-state index in [-0.39, 0.29) is 87.9 Å². The first kappa shape index (κ1) is 22.6. The fraction of sp³-hybridized carbons (Fsp3) is 1.00. The normalized spacial score (nSPS) is 4.29. The quantitative estimate of drug-likeness (QED) is 0.350. The molecule has 0 bridgehead atoms. The number of rotatable bonds is 1. The van der Waals surface area contributed by atoms with Crippen LogP contribution in [0.5, 0.6) is 0 Å². The van der Waals surface area contributed by atoms with E-state index in [0.717, 1.165) is 0 Å². The Labute approximate surface area is 111 Å². The molecule has 0 unspecified atom stereocenters. The molecule has 0 amide bonds. The maximum Gasteiger partial charge on any atom is 2.00 e. The molecule has 0 aliphatic rings. The van der Waals surface area contributed by atoms with Crippen molar-refractivity contribution in [2.45, 2.75) is 0 Å². The van der Waals surface area contributed by atoms with Gasteiger partial charge in [-0.05, 0) is 0 Å². The van der Waals surface area contributed by atoms with Gasteiger partial charge in [0.15, 0.2) is 0 Å². The van der Waals surface area contributed by atoms with Gasteiger partial charge in [-0.1, -0.05) is 0 Å². The van der Waals surface area contributed by atoms with E-state index in [4.69, 9.17) is 11.5 Å². The summed E-state index contributed by atoms with van der Waals surface area (Å²) < 4.78 is 0. The Morgan fingerprint density at radius 2 is 1.14 bits per heavy atom. The fourth-order valence-electron chi connectivity index (χ4n) is 0. The van der Waals surface area contributed by atoms with Crippen LogP contribution in [0.15, 0.2) is 0 Å². The molecule has 0 aromatic heterocycles. The summed E-state index contributed by atoms with van der Waals surface area (Å²) in [6.45, 7) is 1.19. The summed E-state index contributed by atoms with van der Waals surface area (Å²) >= 11 is 0. The largest absolute Gasteiger partial charge is 2.00 e. The van der Waals surface area contributed by atoms with E-state index in [9.17, 15) is 0 Å². The Hall–Kier alpha value is 2.69. The molecule has 0 atom stereocenters. The minimum absolute atomic E-state index is 0. The molecule has 34 valence electrons. The topological polar surface area (TPSA) is 52.0 Å². The van der Waals surface area contributed by atoms with Crippen LogP contribution >= 0.6 is 0 Å². The van der Waals surface area contributed by atoms with Gasteiger partial charge in [0.25, 0.3) is 0 Å². The van der Waals surface area contributed by atoms with E-state index in [1.165, 1.54) is 0 Å². The summed E-state index contributed by atoms with van der Waals surface area (Å²) in [6, 6.07) is 0. The summed E-state index contributed by atoms with van der Waals surface area (Å²) in [6.07, 6.45) is 0. The molecule has 0 heterocycles. The van der Waals surface area contributed by atoms with Gasteiger partial charge in [0.1, 0.15) is 0 Å². The van der Waals surface area contributed by atoms with Gasteiger partial charge >= 0.3 is 82.2 Å². The van der Waals surface area contributed by atoms with E-state index in [1.54, 1.807) is 0 Å². The minimum atomic E-state index is 0. The second-order valence-corrected chi connectivity index (χ2v) is 0.577. The fourth-order valence-corrected chi connectivity index (χ4v) is 0. The molecule has 0 radical (unpaired) electrons. The van der Waals surface area contributed by atoms with Gasteiger partial charge in [0.05, 0.1) is 0 Å². The number of hydrogen-bond donors (Lipinski definition) is 2. The van der Waals surface area contributed by atoms with Crippen molar-refractivity contribution in [1.82, 2.24) is 0 Å². The second kappa shape index (κ2) is 23.4. The van der Waals surface area contributed by atoms with E-state index >= 15 is 0 Å². The SMILES string of the molecule is NCCN.[H-].[H-].[H-].[H-].[Mg+2].[Na+].[Na+]. The monoisotopic (exact) mass is 134 g/mol. The third-order valence-corrected chi connectivity index (χ3v) is 0.167. The first-order valence-corrected chi connectivity index (χ1v) is 1.32. The molecule has 0 fully saturated rings. The van der Waals surface area contributed by atoms with Crippen molar-refractivity contribution >= 4 is 23.1 Å². The number of hydrogen-bond acceptors (Lipinski definition) is 2. The Bertz CT molecular complexity index is 26.1. The summed E-state index contributed by atoms with van der Waals surface area (Å²) in [7, 11) is 0. The maximum absolute atomic E-state index is 4.90. The van der Waals surface area contributed by atoms with Crippen LogP contribution in [0, 0.1) is 0 Å². The molecular weight excluding hydrogens is 122 g/mol. The first-order chi connectivity index (χ1) is 1.91. The average molecular weight is 134 g/mol. The predicted octanol–water partition coefficient (Wildman–Crippen LogP) is -7.02. The molecule has 0 saturated carbocycles. The minimum Gasteiger partial charge on any atom is -1.00 e. The molecule has 0 aliphatic heterocycles. The van der Waals surface area contributed by atoms with Crippen molar-refractivity contribution in [2.24, 2.45) is 11.5 Å². The smallest absolute Gasteiger partial charge is 1.00 e. The van der Waals surface area contributed by atoms with Gasteiger partial charge < -0.3 is 17.2 Å². The van der Waals surface area contributed by atoms with Gasteiger partial charge in [0.2, 0.25) is 0 Å². The molecule has 4 N–H and O–H groups in total. The van der Waals surface area contributed by atoms with Gasteiger partial charge in [-0.15, -0.1) is 0 Å². The van der Waals surface area contributed by atoms with Crippen LogP contribution in [0.4, 0.5) is 0 Å². The van der Waals surface area contributed by atoms with Crippen LogP contribution < -0.4 is 70.6 Å². The van der Waals surface area contributed by atoms with Crippen LogP contribution in [-0.4, -0.2) is 36.1 Å². The van der Waals surface area contributed by atoms with Crippen molar-refractivity contribution < 1.29 is 64.8 Å². The van der Waals surface area contributed by atoms with Crippen LogP contribution in [0.1, 0.15) is 5.71 Å². The third-order valence-electron chi connectivity index (χ3n) is 0.167. The Balaban J connectivity index is -0.00000000214. The Kier molecular flexibility index (Phi) is 75.5. The molecule has 0 aromatic rings. The zero-order valence-electron chi connectivity index (χ0n) is 9.28. The third kappa shape index (κ3) is 28.6. The standard InChI is InChI=1S/C2H8N2.Mg.2Na.4H/c3-1-2-4;;;;;;;/h1-4H2;;;;;;;/q;+2;2*+1;4*-1. The molecule has 0 aliphatic carbocycles. The summed E-state index contributed by atoms with van der Waals surface area (Å²) in [5.74, 6) is 0. The van der Waals surface area contributed by atoms with Crippen molar-refractivity contribution in [1.29, 1.82) is 0 Å². The van der Waals surface area contributed by atoms with Crippen LogP contribution in [0.3, 0.4) is 0 Å². The maximum atomic E-state index is 4.90. The van der Waals surface area contributed by atoms with Crippen molar-refractivity contribution in [3.8, 4) is 0 Å². The van der Waals surface area contributed by atoms with E-state index in [1.807, 2.05) is 0 Å². The van der Waals surface area contributed by atoms with Crippen LogP contribution in [0.25, 0.3) is 0 Å². The molecule has 0 spiro atoms. The Morgan fingerprint density at radius 1 is 1.00 bits per heavy atom. The molecule has 7 heavy (non-hydrogen) atoms. The van der Waals surface area contributed by atoms with Crippen molar-refractivity contribution in [3.63, 3.8) is 0 Å². The first-order valence-electron chi connectivity index (χ1n) is 1.32.